The van der Waals surface area contributed by atoms with Gasteiger partial charge in [0.05, 0.1) is 12.1 Å². The molecule has 1 aromatic rings. The van der Waals surface area contributed by atoms with Crippen molar-refractivity contribution in [1.29, 1.82) is 0 Å². The molecule has 7 heteroatoms. The van der Waals surface area contributed by atoms with Crippen LogP contribution < -0.4 is 16.0 Å². The Hall–Kier alpha value is -1.37. The fourth-order valence-corrected chi connectivity index (χ4v) is 3.31. The van der Waals surface area contributed by atoms with Crippen LogP contribution in [0.5, 0.6) is 0 Å². The number of halogens is 2. The lowest BCUT2D eigenvalue weighted by Gasteiger charge is -2.37. The van der Waals surface area contributed by atoms with Gasteiger partial charge in [-0.15, -0.1) is 12.4 Å². The molecule has 0 bridgehead atoms. The minimum atomic E-state index is -0.516. The van der Waals surface area contributed by atoms with Crippen molar-refractivity contribution in [3.63, 3.8) is 0 Å². The number of benzene rings is 1. The molecule has 1 amide bonds. The molecule has 2 atom stereocenters. The van der Waals surface area contributed by atoms with Gasteiger partial charge in [-0.3, -0.25) is 4.79 Å². The smallest absolute Gasteiger partial charge is 0.237 e. The van der Waals surface area contributed by atoms with Crippen LogP contribution in [0.3, 0.4) is 0 Å². The van der Waals surface area contributed by atoms with Crippen LogP contribution in [0.25, 0.3) is 0 Å². The number of likely N-dealkylation sites (N-methyl/N-ethyl adjacent to an activating group) is 1. The second-order valence-corrected chi connectivity index (χ2v) is 6.75. The molecule has 148 valence electrons. The highest BCUT2D eigenvalue weighted by molar-refractivity contribution is 5.85. The summed E-state index contributed by atoms with van der Waals surface area (Å²) in [4.78, 5) is 16.9. The molecule has 1 saturated heterocycles. The molecule has 3 N–H and O–H groups in total. The molecule has 2 unspecified atom stereocenters. The Bertz CT molecular complexity index is 579. The molecule has 1 aliphatic heterocycles. The van der Waals surface area contributed by atoms with Gasteiger partial charge in [-0.1, -0.05) is 20.3 Å². The van der Waals surface area contributed by atoms with Crippen LogP contribution >= 0.6 is 12.4 Å². The highest BCUT2D eigenvalue weighted by Gasteiger charge is 2.23. The Labute approximate surface area is 162 Å². The lowest BCUT2D eigenvalue weighted by molar-refractivity contribution is -0.123. The van der Waals surface area contributed by atoms with Gasteiger partial charge >= 0.3 is 0 Å². The van der Waals surface area contributed by atoms with Crippen molar-refractivity contribution < 1.29 is 9.18 Å². The van der Waals surface area contributed by atoms with Gasteiger partial charge in [0, 0.05) is 37.4 Å². The Morgan fingerprint density at radius 3 is 2.50 bits per heavy atom. The normalized spacial score (nSPS) is 17.3. The van der Waals surface area contributed by atoms with Crippen molar-refractivity contribution in [3.05, 3.63) is 29.6 Å². The van der Waals surface area contributed by atoms with Gasteiger partial charge in [-0.2, -0.15) is 0 Å². The molecule has 0 aliphatic carbocycles. The number of amides is 1. The summed E-state index contributed by atoms with van der Waals surface area (Å²) in [5.41, 5.74) is 7.70. The van der Waals surface area contributed by atoms with Gasteiger partial charge in [0.25, 0.3) is 0 Å². The van der Waals surface area contributed by atoms with E-state index in [1.807, 2.05) is 19.9 Å². The first kappa shape index (κ1) is 22.7. The number of hydrogen-bond donors (Lipinski definition) is 2. The zero-order valence-electron chi connectivity index (χ0n) is 16.0. The van der Waals surface area contributed by atoms with Gasteiger partial charge in [0.1, 0.15) is 5.82 Å². The molecular weight excluding hydrogens is 355 g/mol. The summed E-state index contributed by atoms with van der Waals surface area (Å²) in [6.07, 6.45) is 1.50. The van der Waals surface area contributed by atoms with E-state index in [4.69, 9.17) is 5.73 Å². The van der Waals surface area contributed by atoms with E-state index in [1.54, 1.807) is 0 Å². The summed E-state index contributed by atoms with van der Waals surface area (Å²) in [7, 11) is 0. The molecular formula is C19H32ClFN4O. The number of piperazine rings is 1. The Kier molecular flexibility index (Phi) is 9.33. The number of anilines is 1. The maximum Gasteiger partial charge on any atom is 0.237 e. The average molecular weight is 387 g/mol. The number of hydrogen-bond acceptors (Lipinski definition) is 4. The Morgan fingerprint density at radius 2 is 1.92 bits per heavy atom. The monoisotopic (exact) mass is 386 g/mol. The first-order chi connectivity index (χ1) is 12.0. The van der Waals surface area contributed by atoms with Gasteiger partial charge in [0.15, 0.2) is 0 Å². The first-order valence-corrected chi connectivity index (χ1v) is 9.29. The lowest BCUT2D eigenvalue weighted by atomic mass is 10.0. The predicted molar refractivity (Wildman–Crippen MR) is 107 cm³/mol. The van der Waals surface area contributed by atoms with Crippen molar-refractivity contribution in [2.45, 2.75) is 45.7 Å². The minimum absolute atomic E-state index is 0. The van der Waals surface area contributed by atoms with E-state index in [0.29, 0.717) is 6.42 Å². The second kappa shape index (κ2) is 10.7. The Morgan fingerprint density at radius 1 is 1.27 bits per heavy atom. The van der Waals surface area contributed by atoms with Crippen LogP contribution in [0.2, 0.25) is 0 Å². The van der Waals surface area contributed by atoms with Crippen LogP contribution in [0.1, 0.15) is 45.2 Å². The van der Waals surface area contributed by atoms with Gasteiger partial charge in [-0.05, 0) is 38.1 Å². The number of carbonyl (C=O) groups is 1. The minimum Gasteiger partial charge on any atom is -0.369 e. The number of rotatable bonds is 7. The third-order valence-electron chi connectivity index (χ3n) is 4.91. The molecule has 0 radical (unpaired) electrons. The standard InChI is InChI=1S/C19H31FN4O.ClH/c1-4-6-17(21)19(25)22-14(3)16-13-15(20)7-8-18(16)24-11-9-23(5-2)10-12-24;/h7-8,13-14,17H,4-6,9-12,21H2,1-3H3,(H,22,25);1H. The highest BCUT2D eigenvalue weighted by atomic mass is 35.5. The molecule has 1 aromatic carbocycles. The van der Waals surface area contributed by atoms with Crippen molar-refractivity contribution in [2.75, 3.05) is 37.6 Å². The van der Waals surface area contributed by atoms with Gasteiger partial charge < -0.3 is 20.9 Å². The van der Waals surface area contributed by atoms with E-state index in [0.717, 1.165) is 50.4 Å². The van der Waals surface area contributed by atoms with E-state index in [-0.39, 0.29) is 30.2 Å². The fraction of sp³-hybridized carbons (Fsp3) is 0.632. The second-order valence-electron chi connectivity index (χ2n) is 6.75. The molecule has 5 nitrogen and oxygen atoms in total. The van der Waals surface area contributed by atoms with Crippen molar-refractivity contribution in [2.24, 2.45) is 5.73 Å². The van der Waals surface area contributed by atoms with Crippen molar-refractivity contribution in [1.82, 2.24) is 10.2 Å². The number of nitrogens with zero attached hydrogens (tertiary/aromatic N) is 2. The highest BCUT2D eigenvalue weighted by Crippen LogP contribution is 2.28. The maximum absolute atomic E-state index is 13.8. The van der Waals surface area contributed by atoms with Crippen LogP contribution in [-0.4, -0.2) is 49.6 Å². The maximum atomic E-state index is 13.8. The third-order valence-corrected chi connectivity index (χ3v) is 4.91. The predicted octanol–water partition coefficient (Wildman–Crippen LogP) is 2.69. The van der Waals surface area contributed by atoms with E-state index >= 15 is 0 Å². The summed E-state index contributed by atoms with van der Waals surface area (Å²) < 4.78 is 13.8. The molecule has 2 rings (SSSR count). The molecule has 0 spiro atoms. The van der Waals surface area contributed by atoms with Crippen molar-refractivity contribution >= 4 is 24.0 Å². The van der Waals surface area contributed by atoms with Gasteiger partial charge in [-0.25, -0.2) is 4.39 Å². The van der Waals surface area contributed by atoms with Gasteiger partial charge in [0.2, 0.25) is 5.91 Å². The lowest BCUT2D eigenvalue weighted by Crippen LogP contribution is -2.47. The summed E-state index contributed by atoms with van der Waals surface area (Å²) in [5, 5.41) is 2.94. The molecule has 1 aliphatic rings. The molecule has 0 aromatic heterocycles. The molecule has 1 fully saturated rings. The fourth-order valence-electron chi connectivity index (χ4n) is 3.31. The van der Waals surface area contributed by atoms with Crippen LogP contribution in [0, 0.1) is 5.82 Å². The number of carbonyl (C=O) groups excluding carboxylic acids is 1. The van der Waals surface area contributed by atoms with E-state index in [1.165, 1.54) is 12.1 Å². The van der Waals surface area contributed by atoms with Crippen LogP contribution in [0.4, 0.5) is 10.1 Å². The number of nitrogens with one attached hydrogen (secondary N) is 1. The summed E-state index contributed by atoms with van der Waals surface area (Å²) in [5.74, 6) is -0.467. The quantitative estimate of drug-likeness (QED) is 0.756. The average Bonchev–Trinajstić information content (AvgIpc) is 2.62. The van der Waals surface area contributed by atoms with E-state index in [2.05, 4.69) is 22.0 Å². The summed E-state index contributed by atoms with van der Waals surface area (Å²) in [6, 6.07) is 4.03. The summed E-state index contributed by atoms with van der Waals surface area (Å²) >= 11 is 0. The zero-order chi connectivity index (χ0) is 18.4. The third kappa shape index (κ3) is 5.83. The first-order valence-electron chi connectivity index (χ1n) is 9.29. The van der Waals surface area contributed by atoms with Crippen molar-refractivity contribution in [3.8, 4) is 0 Å². The summed E-state index contributed by atoms with van der Waals surface area (Å²) in [6.45, 7) is 10.9. The molecule has 26 heavy (non-hydrogen) atoms. The zero-order valence-corrected chi connectivity index (χ0v) is 16.8. The van der Waals surface area contributed by atoms with Crippen LogP contribution in [0.15, 0.2) is 18.2 Å². The Balaban J connectivity index is 0.00000338. The molecule has 1 heterocycles. The van der Waals surface area contributed by atoms with E-state index < -0.39 is 6.04 Å². The SMILES string of the molecule is CCCC(N)C(=O)NC(C)c1cc(F)ccc1N1CCN(CC)CC1.Cl. The largest absolute Gasteiger partial charge is 0.369 e. The van der Waals surface area contributed by atoms with E-state index in [9.17, 15) is 9.18 Å². The number of nitrogens with two attached hydrogens (primary N) is 1. The topological polar surface area (TPSA) is 61.6 Å². The molecule has 0 saturated carbocycles. The van der Waals surface area contributed by atoms with Crippen LogP contribution in [-0.2, 0) is 4.79 Å².